The van der Waals surface area contributed by atoms with Crippen LogP contribution in [-0.2, 0) is 0 Å². The molecule has 2 nitrogen and oxygen atoms in total. The van der Waals surface area contributed by atoms with E-state index in [0.29, 0.717) is 0 Å². The molecule has 0 saturated heterocycles. The summed E-state index contributed by atoms with van der Waals surface area (Å²) in [6, 6.07) is 2.99. The maximum atomic E-state index is 10.2. The van der Waals surface area contributed by atoms with Gasteiger partial charge in [0.25, 0.3) is 0 Å². The molecular formula is C13H29NOSi. The molecule has 0 atom stereocenters. The van der Waals surface area contributed by atoms with E-state index in [9.17, 15) is 4.80 Å². The van der Waals surface area contributed by atoms with Crippen molar-refractivity contribution in [3.63, 3.8) is 0 Å². The first-order chi connectivity index (χ1) is 7.58. The summed E-state index contributed by atoms with van der Waals surface area (Å²) in [6.07, 6.45) is 4.69. The number of unbranched alkanes of at least 4 members (excludes halogenated alkanes) is 1. The van der Waals surface area contributed by atoms with E-state index in [1.165, 1.54) is 18.6 Å². The Balaban J connectivity index is 3.73. The van der Waals surface area contributed by atoms with Gasteiger partial charge >= 0.3 is 0 Å². The highest BCUT2D eigenvalue weighted by atomic mass is 28.4. The van der Waals surface area contributed by atoms with E-state index in [4.69, 9.17) is 0 Å². The van der Waals surface area contributed by atoms with E-state index in [1.54, 1.807) is 0 Å². The average molecular weight is 243 g/mol. The van der Waals surface area contributed by atoms with Gasteiger partial charge in [0, 0.05) is 12.3 Å². The lowest BCUT2D eigenvalue weighted by atomic mass is 10.2. The molecule has 0 aromatic rings. The van der Waals surface area contributed by atoms with Crippen LogP contribution in [0.15, 0.2) is 4.99 Å². The van der Waals surface area contributed by atoms with Crippen LogP contribution in [0.3, 0.4) is 0 Å². The minimum atomic E-state index is -1.86. The van der Waals surface area contributed by atoms with Crippen LogP contribution in [-0.4, -0.2) is 25.4 Å². The Morgan fingerprint density at radius 2 is 1.75 bits per heavy atom. The monoisotopic (exact) mass is 243 g/mol. The van der Waals surface area contributed by atoms with Crippen LogP contribution in [0.5, 0.6) is 0 Å². The van der Waals surface area contributed by atoms with Crippen molar-refractivity contribution >= 4 is 14.0 Å². The van der Waals surface area contributed by atoms with E-state index < -0.39 is 8.32 Å². The number of nitrogens with zero attached hydrogens (tertiary/aromatic N) is 1. The van der Waals surface area contributed by atoms with Gasteiger partial charge in [-0.05, 0) is 44.3 Å². The predicted molar refractivity (Wildman–Crippen MR) is 75.9 cm³/mol. The van der Waals surface area contributed by atoms with Gasteiger partial charge < -0.3 is 4.80 Å². The van der Waals surface area contributed by atoms with Gasteiger partial charge in [0.15, 0.2) is 8.32 Å². The summed E-state index contributed by atoms with van der Waals surface area (Å²) in [4.78, 5) is 14.8. The van der Waals surface area contributed by atoms with Gasteiger partial charge in [0.2, 0.25) is 0 Å². The number of hydrogen-bond acceptors (Lipinski definition) is 2. The molecule has 0 aromatic heterocycles. The molecule has 0 rings (SSSR count). The van der Waals surface area contributed by atoms with Crippen molar-refractivity contribution in [2.75, 3.05) is 6.54 Å². The lowest BCUT2D eigenvalue weighted by molar-refractivity contribution is 0.525. The lowest BCUT2D eigenvalue weighted by Gasteiger charge is -2.21. The van der Waals surface area contributed by atoms with Crippen molar-refractivity contribution in [2.45, 2.75) is 71.5 Å². The van der Waals surface area contributed by atoms with Crippen molar-refractivity contribution < 1.29 is 4.80 Å². The van der Waals surface area contributed by atoms with Crippen molar-refractivity contribution in [1.29, 1.82) is 0 Å². The SMILES string of the molecule is CCCCC(C)=NCCC[Si](O)(CC)CC. The molecule has 3 heteroatoms. The smallest absolute Gasteiger partial charge is 0.188 e. The van der Waals surface area contributed by atoms with Gasteiger partial charge in [0.05, 0.1) is 0 Å². The molecule has 16 heavy (non-hydrogen) atoms. The van der Waals surface area contributed by atoms with Crippen LogP contribution in [0, 0.1) is 0 Å². The summed E-state index contributed by atoms with van der Waals surface area (Å²) in [5.74, 6) is 0. The molecule has 0 spiro atoms. The first-order valence-electron chi connectivity index (χ1n) is 6.80. The Labute approximate surface area is 102 Å². The second kappa shape index (κ2) is 8.94. The van der Waals surface area contributed by atoms with Gasteiger partial charge in [-0.2, -0.15) is 0 Å². The standard InChI is InChI=1S/C13H29NOSi/c1-5-8-10-13(4)14-11-9-12-16(15,6-2)7-3/h15H,5-12H2,1-4H3. The highest BCUT2D eigenvalue weighted by Gasteiger charge is 2.25. The van der Waals surface area contributed by atoms with Gasteiger partial charge in [-0.1, -0.05) is 27.2 Å². The van der Waals surface area contributed by atoms with E-state index in [-0.39, 0.29) is 0 Å². The largest absolute Gasteiger partial charge is 0.432 e. The van der Waals surface area contributed by atoms with Crippen molar-refractivity contribution in [3.05, 3.63) is 0 Å². The zero-order valence-electron chi connectivity index (χ0n) is 11.6. The second-order valence-corrected chi connectivity index (χ2v) is 9.12. The Morgan fingerprint density at radius 3 is 2.25 bits per heavy atom. The van der Waals surface area contributed by atoms with E-state index in [0.717, 1.165) is 37.5 Å². The van der Waals surface area contributed by atoms with Crippen molar-refractivity contribution in [2.24, 2.45) is 4.99 Å². The zero-order valence-corrected chi connectivity index (χ0v) is 12.6. The van der Waals surface area contributed by atoms with Gasteiger partial charge in [0.1, 0.15) is 0 Å². The third-order valence-electron chi connectivity index (χ3n) is 3.39. The molecule has 0 aliphatic carbocycles. The highest BCUT2D eigenvalue weighted by Crippen LogP contribution is 2.18. The first-order valence-corrected chi connectivity index (χ1v) is 9.37. The number of hydrogen-bond donors (Lipinski definition) is 1. The summed E-state index contributed by atoms with van der Waals surface area (Å²) >= 11 is 0. The first kappa shape index (κ1) is 15.8. The van der Waals surface area contributed by atoms with Crippen LogP contribution >= 0.6 is 0 Å². The third kappa shape index (κ3) is 7.18. The topological polar surface area (TPSA) is 32.6 Å². The molecule has 0 fully saturated rings. The molecule has 0 heterocycles. The number of aliphatic imine (C=N–C) groups is 1. The lowest BCUT2D eigenvalue weighted by Crippen LogP contribution is -2.32. The van der Waals surface area contributed by atoms with Gasteiger partial charge in [-0.25, -0.2) is 0 Å². The molecule has 96 valence electrons. The summed E-state index contributed by atoms with van der Waals surface area (Å²) in [5.41, 5.74) is 1.28. The van der Waals surface area contributed by atoms with Crippen molar-refractivity contribution in [1.82, 2.24) is 0 Å². The van der Waals surface area contributed by atoms with Crippen LogP contribution in [0.1, 0.15) is 53.4 Å². The zero-order chi connectivity index (χ0) is 12.4. The van der Waals surface area contributed by atoms with E-state index in [2.05, 4.69) is 32.7 Å². The summed E-state index contributed by atoms with van der Waals surface area (Å²) < 4.78 is 0. The van der Waals surface area contributed by atoms with Gasteiger partial charge in [-0.3, -0.25) is 4.99 Å². The molecule has 0 aliphatic heterocycles. The fourth-order valence-electron chi connectivity index (χ4n) is 1.79. The van der Waals surface area contributed by atoms with E-state index in [1.807, 2.05) is 0 Å². The fraction of sp³-hybridized carbons (Fsp3) is 0.923. The van der Waals surface area contributed by atoms with Crippen LogP contribution < -0.4 is 0 Å². The normalized spacial score (nSPS) is 13.2. The molecule has 0 saturated carbocycles. The van der Waals surface area contributed by atoms with Crippen LogP contribution in [0.25, 0.3) is 0 Å². The maximum absolute atomic E-state index is 10.2. The van der Waals surface area contributed by atoms with E-state index >= 15 is 0 Å². The number of rotatable bonds is 9. The van der Waals surface area contributed by atoms with Crippen LogP contribution in [0.2, 0.25) is 18.1 Å². The van der Waals surface area contributed by atoms with Gasteiger partial charge in [-0.15, -0.1) is 0 Å². The maximum Gasteiger partial charge on any atom is 0.188 e. The molecule has 0 bridgehead atoms. The molecule has 0 amide bonds. The summed E-state index contributed by atoms with van der Waals surface area (Å²) in [6.45, 7) is 9.47. The third-order valence-corrected chi connectivity index (χ3v) is 7.31. The molecule has 0 unspecified atom stereocenters. The van der Waals surface area contributed by atoms with Crippen molar-refractivity contribution in [3.8, 4) is 0 Å². The minimum Gasteiger partial charge on any atom is -0.432 e. The fourth-order valence-corrected chi connectivity index (χ4v) is 3.82. The minimum absolute atomic E-state index is 0.908. The molecule has 0 radical (unpaired) electrons. The Hall–Kier alpha value is -0.153. The molecule has 0 aromatic carbocycles. The Bertz CT molecular complexity index is 200. The summed E-state index contributed by atoms with van der Waals surface area (Å²) in [5, 5.41) is 0. The molecular weight excluding hydrogens is 214 g/mol. The molecule has 1 N–H and O–H groups in total. The quantitative estimate of drug-likeness (QED) is 0.370. The second-order valence-electron chi connectivity index (χ2n) is 4.76. The highest BCUT2D eigenvalue weighted by molar-refractivity contribution is 6.72. The Kier molecular flexibility index (Phi) is 8.85. The summed E-state index contributed by atoms with van der Waals surface area (Å²) in [7, 11) is -1.86. The predicted octanol–water partition coefficient (Wildman–Crippen LogP) is 4.01. The van der Waals surface area contributed by atoms with Crippen LogP contribution in [0.4, 0.5) is 0 Å². The Morgan fingerprint density at radius 1 is 1.12 bits per heavy atom. The molecule has 0 aliphatic rings. The average Bonchev–Trinajstić information content (AvgIpc) is 2.31.